The molecule has 0 spiro atoms. The van der Waals surface area contributed by atoms with E-state index < -0.39 is 0 Å². The van der Waals surface area contributed by atoms with Crippen molar-refractivity contribution in [3.63, 3.8) is 0 Å². The van der Waals surface area contributed by atoms with Gasteiger partial charge in [-0.1, -0.05) is 42.5 Å². The highest BCUT2D eigenvalue weighted by Gasteiger charge is 2.22. The van der Waals surface area contributed by atoms with Crippen LogP contribution in [0.2, 0.25) is 0 Å². The SMILES string of the molecule is CCOc1ccc(/C=C/C(=O)N(Cc2ccccc2)C(C)CN2CCOCC2)cc1. The summed E-state index contributed by atoms with van der Waals surface area (Å²) in [5.41, 5.74) is 2.11. The fraction of sp³-hybridized carbons (Fsp3) is 0.400. The van der Waals surface area contributed by atoms with Crippen LogP contribution in [-0.4, -0.2) is 61.2 Å². The number of nitrogens with zero attached hydrogens (tertiary/aromatic N) is 2. The van der Waals surface area contributed by atoms with Crippen LogP contribution < -0.4 is 4.74 Å². The Labute approximate surface area is 179 Å². The van der Waals surface area contributed by atoms with Crippen LogP contribution in [-0.2, 0) is 16.1 Å². The fourth-order valence-electron chi connectivity index (χ4n) is 3.59. The molecule has 5 heteroatoms. The Morgan fingerprint density at radius 3 is 2.50 bits per heavy atom. The molecule has 30 heavy (non-hydrogen) atoms. The van der Waals surface area contributed by atoms with E-state index in [1.54, 1.807) is 6.08 Å². The molecule has 5 nitrogen and oxygen atoms in total. The van der Waals surface area contributed by atoms with E-state index in [9.17, 15) is 4.79 Å². The highest BCUT2D eigenvalue weighted by Crippen LogP contribution is 2.15. The predicted molar refractivity (Wildman–Crippen MR) is 120 cm³/mol. The fourth-order valence-corrected chi connectivity index (χ4v) is 3.59. The van der Waals surface area contributed by atoms with Gasteiger partial charge < -0.3 is 14.4 Å². The Kier molecular flexibility index (Phi) is 8.48. The van der Waals surface area contributed by atoms with E-state index in [0.717, 1.165) is 49.7 Å². The van der Waals surface area contributed by atoms with Crippen molar-refractivity contribution >= 4 is 12.0 Å². The Morgan fingerprint density at radius 1 is 1.13 bits per heavy atom. The number of carbonyl (C=O) groups is 1. The molecule has 0 bridgehead atoms. The summed E-state index contributed by atoms with van der Waals surface area (Å²) in [6.07, 6.45) is 3.55. The van der Waals surface area contributed by atoms with Gasteiger partial charge in [0, 0.05) is 38.3 Å². The molecule has 0 N–H and O–H groups in total. The molecule has 2 aromatic rings. The molecule has 1 amide bonds. The van der Waals surface area contributed by atoms with E-state index in [-0.39, 0.29) is 11.9 Å². The monoisotopic (exact) mass is 408 g/mol. The number of benzene rings is 2. The Balaban J connectivity index is 1.69. The summed E-state index contributed by atoms with van der Waals surface area (Å²) in [5, 5.41) is 0. The van der Waals surface area contributed by atoms with Crippen molar-refractivity contribution in [1.82, 2.24) is 9.80 Å². The predicted octanol–water partition coefficient (Wildman–Crippen LogP) is 3.85. The lowest BCUT2D eigenvalue weighted by molar-refractivity contribution is -0.129. The minimum absolute atomic E-state index is 0.0218. The minimum Gasteiger partial charge on any atom is -0.494 e. The molecule has 1 unspecified atom stereocenters. The second kappa shape index (κ2) is 11.5. The number of amides is 1. The van der Waals surface area contributed by atoms with Crippen LogP contribution in [0.1, 0.15) is 25.0 Å². The second-order valence-electron chi connectivity index (χ2n) is 7.55. The third-order valence-corrected chi connectivity index (χ3v) is 5.25. The average molecular weight is 409 g/mol. The normalized spacial score (nSPS) is 15.8. The molecule has 1 atom stereocenters. The third kappa shape index (κ3) is 6.71. The summed E-state index contributed by atoms with van der Waals surface area (Å²) in [4.78, 5) is 17.5. The average Bonchev–Trinajstić information content (AvgIpc) is 2.78. The van der Waals surface area contributed by atoms with Gasteiger partial charge in [0.25, 0.3) is 0 Å². The zero-order valence-corrected chi connectivity index (χ0v) is 18.0. The molecule has 3 rings (SSSR count). The van der Waals surface area contributed by atoms with Crippen LogP contribution in [0, 0.1) is 0 Å². The van der Waals surface area contributed by atoms with Gasteiger partial charge in [-0.05, 0) is 43.2 Å². The number of hydrogen-bond acceptors (Lipinski definition) is 4. The summed E-state index contributed by atoms with van der Waals surface area (Å²) in [6, 6.07) is 18.0. The summed E-state index contributed by atoms with van der Waals surface area (Å²) in [7, 11) is 0. The standard InChI is InChI=1S/C25H32N2O3/c1-3-30-24-12-9-22(10-13-24)11-14-25(28)27(20-23-7-5-4-6-8-23)21(2)19-26-15-17-29-18-16-26/h4-14,21H,3,15-20H2,1-2H3/b14-11+. The van der Waals surface area contributed by atoms with Gasteiger partial charge >= 0.3 is 0 Å². The lowest BCUT2D eigenvalue weighted by Gasteiger charge is -2.34. The van der Waals surface area contributed by atoms with Crippen molar-refractivity contribution < 1.29 is 14.3 Å². The van der Waals surface area contributed by atoms with Crippen molar-refractivity contribution in [2.75, 3.05) is 39.5 Å². The summed E-state index contributed by atoms with van der Waals surface area (Å²) < 4.78 is 10.9. The van der Waals surface area contributed by atoms with Gasteiger partial charge in [0.1, 0.15) is 5.75 Å². The first-order chi connectivity index (χ1) is 14.7. The van der Waals surface area contributed by atoms with Gasteiger partial charge in [0.05, 0.1) is 19.8 Å². The molecule has 1 aliphatic rings. The van der Waals surface area contributed by atoms with Gasteiger partial charge in [-0.15, -0.1) is 0 Å². The van der Waals surface area contributed by atoms with Crippen LogP contribution in [0.25, 0.3) is 6.08 Å². The smallest absolute Gasteiger partial charge is 0.247 e. The molecule has 1 heterocycles. The molecule has 160 valence electrons. The quantitative estimate of drug-likeness (QED) is 0.591. The van der Waals surface area contributed by atoms with Gasteiger partial charge in [0.2, 0.25) is 5.91 Å². The molecule has 0 aromatic heterocycles. The maximum atomic E-state index is 13.1. The lowest BCUT2D eigenvalue weighted by atomic mass is 10.1. The highest BCUT2D eigenvalue weighted by molar-refractivity contribution is 5.92. The van der Waals surface area contributed by atoms with E-state index in [4.69, 9.17) is 9.47 Å². The van der Waals surface area contributed by atoms with Gasteiger partial charge in [0.15, 0.2) is 0 Å². The minimum atomic E-state index is 0.0218. The molecule has 1 saturated heterocycles. The van der Waals surface area contributed by atoms with Crippen LogP contribution in [0.15, 0.2) is 60.7 Å². The number of rotatable bonds is 9. The maximum Gasteiger partial charge on any atom is 0.247 e. The van der Waals surface area contributed by atoms with Crippen molar-refractivity contribution in [2.45, 2.75) is 26.4 Å². The van der Waals surface area contributed by atoms with E-state index in [1.165, 1.54) is 0 Å². The first kappa shape index (κ1) is 22.1. The van der Waals surface area contributed by atoms with E-state index >= 15 is 0 Å². The molecule has 2 aromatic carbocycles. The van der Waals surface area contributed by atoms with Crippen LogP contribution in [0.5, 0.6) is 5.75 Å². The summed E-state index contributed by atoms with van der Waals surface area (Å²) >= 11 is 0. The largest absolute Gasteiger partial charge is 0.494 e. The van der Waals surface area contributed by atoms with E-state index in [1.807, 2.05) is 60.4 Å². The summed E-state index contributed by atoms with van der Waals surface area (Å²) in [6.45, 7) is 9.53. The first-order valence-electron chi connectivity index (χ1n) is 10.7. The van der Waals surface area contributed by atoms with Crippen LogP contribution in [0.4, 0.5) is 0 Å². The van der Waals surface area contributed by atoms with E-state index in [2.05, 4.69) is 24.0 Å². The zero-order valence-electron chi connectivity index (χ0n) is 18.0. The Hall–Kier alpha value is -2.63. The van der Waals surface area contributed by atoms with Crippen molar-refractivity contribution in [2.24, 2.45) is 0 Å². The van der Waals surface area contributed by atoms with Gasteiger partial charge in [-0.25, -0.2) is 0 Å². The number of ether oxygens (including phenoxy) is 2. The zero-order chi connectivity index (χ0) is 21.2. The molecule has 0 saturated carbocycles. The second-order valence-corrected chi connectivity index (χ2v) is 7.55. The first-order valence-corrected chi connectivity index (χ1v) is 10.7. The molecular weight excluding hydrogens is 376 g/mol. The lowest BCUT2D eigenvalue weighted by Crippen LogP contribution is -2.47. The van der Waals surface area contributed by atoms with Crippen molar-refractivity contribution in [3.8, 4) is 5.75 Å². The maximum absolute atomic E-state index is 13.1. The molecule has 1 fully saturated rings. The molecule has 0 radical (unpaired) electrons. The van der Waals surface area contributed by atoms with Crippen molar-refractivity contribution in [1.29, 1.82) is 0 Å². The summed E-state index contributed by atoms with van der Waals surface area (Å²) in [5.74, 6) is 0.860. The Morgan fingerprint density at radius 2 is 1.83 bits per heavy atom. The number of carbonyl (C=O) groups excluding carboxylic acids is 1. The highest BCUT2D eigenvalue weighted by atomic mass is 16.5. The molecule has 0 aliphatic carbocycles. The molecular formula is C25H32N2O3. The van der Waals surface area contributed by atoms with E-state index in [0.29, 0.717) is 13.2 Å². The molecule has 1 aliphatic heterocycles. The van der Waals surface area contributed by atoms with Gasteiger partial charge in [-0.2, -0.15) is 0 Å². The topological polar surface area (TPSA) is 42.0 Å². The van der Waals surface area contributed by atoms with Gasteiger partial charge in [-0.3, -0.25) is 9.69 Å². The third-order valence-electron chi connectivity index (χ3n) is 5.25. The Bertz CT molecular complexity index is 799. The number of hydrogen-bond donors (Lipinski definition) is 0. The number of morpholine rings is 1. The van der Waals surface area contributed by atoms with Crippen LogP contribution in [0.3, 0.4) is 0 Å². The van der Waals surface area contributed by atoms with Crippen molar-refractivity contribution in [3.05, 3.63) is 71.8 Å². The van der Waals surface area contributed by atoms with Crippen LogP contribution >= 0.6 is 0 Å².